The van der Waals surface area contributed by atoms with Gasteiger partial charge in [-0.15, -0.1) is 11.3 Å². The Morgan fingerprint density at radius 3 is 2.76 bits per heavy atom. The highest BCUT2D eigenvalue weighted by atomic mass is 32.1. The highest BCUT2D eigenvalue weighted by Crippen LogP contribution is 2.43. The summed E-state index contributed by atoms with van der Waals surface area (Å²) in [5, 5.41) is 3.06. The van der Waals surface area contributed by atoms with Crippen LogP contribution in [0.1, 0.15) is 5.56 Å². The Balaban J connectivity index is 1.72. The van der Waals surface area contributed by atoms with Gasteiger partial charge in [-0.25, -0.2) is 9.97 Å². The molecule has 0 spiro atoms. The van der Waals surface area contributed by atoms with Crippen LogP contribution in [0.2, 0.25) is 0 Å². The lowest BCUT2D eigenvalue weighted by Crippen LogP contribution is -2.45. The monoisotopic (exact) mass is 402 g/mol. The molecule has 0 saturated heterocycles. The molecule has 144 valence electrons. The zero-order valence-corrected chi connectivity index (χ0v) is 16.5. The Morgan fingerprint density at radius 2 is 1.97 bits per heavy atom. The number of carbonyl (C=O) groups is 1. The number of nitrogens with two attached hydrogens (primary N) is 1. The number of hydrogen-bond acceptors (Lipinski definition) is 6. The largest absolute Gasteiger partial charge is 0.477 e. The number of hydrogen-bond donors (Lipinski definition) is 1. The number of thiophene rings is 1. The molecule has 1 atom stereocenters. The second-order valence-electron chi connectivity index (χ2n) is 6.98. The van der Waals surface area contributed by atoms with Crippen molar-refractivity contribution in [3.63, 3.8) is 0 Å². The zero-order valence-electron chi connectivity index (χ0n) is 15.7. The number of rotatable bonds is 3. The predicted molar refractivity (Wildman–Crippen MR) is 115 cm³/mol. The summed E-state index contributed by atoms with van der Waals surface area (Å²) < 4.78 is 5.81. The van der Waals surface area contributed by atoms with Crippen LogP contribution in [0.15, 0.2) is 60.2 Å². The summed E-state index contributed by atoms with van der Waals surface area (Å²) >= 11 is 1.58. The van der Waals surface area contributed by atoms with Crippen molar-refractivity contribution in [2.75, 3.05) is 11.4 Å². The van der Waals surface area contributed by atoms with Gasteiger partial charge in [0.25, 0.3) is 5.91 Å². The molecule has 6 nitrogen and oxygen atoms in total. The molecule has 2 aromatic heterocycles. The fraction of sp³-hybridized carbons (Fsp3) is 0.136. The van der Waals surface area contributed by atoms with E-state index >= 15 is 0 Å². The number of primary amides is 1. The summed E-state index contributed by atoms with van der Waals surface area (Å²) in [6.45, 7) is 2.36. The number of benzene rings is 2. The molecular formula is C22H18N4O2S. The SMILES string of the molecule is Cc1ccc(-c2csc3ncnc(N4C[C@@H](C(N)=O)Oc5ccccc54)c23)cc1. The van der Waals surface area contributed by atoms with Gasteiger partial charge in [-0.3, -0.25) is 4.79 Å². The predicted octanol–water partition coefficient (Wildman–Crippen LogP) is 4.05. The minimum Gasteiger partial charge on any atom is -0.477 e. The van der Waals surface area contributed by atoms with E-state index in [9.17, 15) is 4.79 Å². The van der Waals surface area contributed by atoms with Gasteiger partial charge in [-0.05, 0) is 24.6 Å². The maximum Gasteiger partial charge on any atom is 0.260 e. The first-order valence-corrected chi connectivity index (χ1v) is 10.1. The highest BCUT2D eigenvalue weighted by molar-refractivity contribution is 7.17. The molecule has 0 radical (unpaired) electrons. The molecule has 3 heterocycles. The molecule has 0 fully saturated rings. The van der Waals surface area contributed by atoms with E-state index in [1.807, 2.05) is 29.2 Å². The molecular weight excluding hydrogens is 384 g/mol. The van der Waals surface area contributed by atoms with Gasteiger partial charge in [0.05, 0.1) is 17.6 Å². The van der Waals surface area contributed by atoms with Gasteiger partial charge in [-0.1, -0.05) is 42.0 Å². The third kappa shape index (κ3) is 3.00. The third-order valence-electron chi connectivity index (χ3n) is 5.06. The van der Waals surface area contributed by atoms with Crippen molar-refractivity contribution in [2.24, 2.45) is 5.73 Å². The topological polar surface area (TPSA) is 81.3 Å². The van der Waals surface area contributed by atoms with E-state index in [-0.39, 0.29) is 0 Å². The van der Waals surface area contributed by atoms with E-state index in [1.54, 1.807) is 17.7 Å². The maximum atomic E-state index is 11.9. The molecule has 1 amide bonds. The zero-order chi connectivity index (χ0) is 20.0. The Hall–Kier alpha value is -3.45. The molecule has 0 aliphatic carbocycles. The van der Waals surface area contributed by atoms with Gasteiger partial charge in [0, 0.05) is 10.9 Å². The second-order valence-corrected chi connectivity index (χ2v) is 7.84. The highest BCUT2D eigenvalue weighted by Gasteiger charge is 2.32. The van der Waals surface area contributed by atoms with Crippen LogP contribution in [0.3, 0.4) is 0 Å². The number of ether oxygens (including phenoxy) is 1. The van der Waals surface area contributed by atoms with Crippen LogP contribution >= 0.6 is 11.3 Å². The first-order chi connectivity index (χ1) is 14.1. The molecule has 29 heavy (non-hydrogen) atoms. The van der Waals surface area contributed by atoms with Crippen LogP contribution in [-0.4, -0.2) is 28.5 Å². The Morgan fingerprint density at radius 1 is 1.17 bits per heavy atom. The van der Waals surface area contributed by atoms with E-state index < -0.39 is 12.0 Å². The van der Waals surface area contributed by atoms with Gasteiger partial charge >= 0.3 is 0 Å². The van der Waals surface area contributed by atoms with Crippen LogP contribution < -0.4 is 15.4 Å². The molecule has 2 aromatic carbocycles. The Kier molecular flexibility index (Phi) is 4.17. The van der Waals surface area contributed by atoms with E-state index in [0.29, 0.717) is 12.3 Å². The molecule has 5 rings (SSSR count). The molecule has 4 aromatic rings. The molecule has 2 N–H and O–H groups in total. The van der Waals surface area contributed by atoms with Crippen LogP contribution in [0.4, 0.5) is 11.5 Å². The van der Waals surface area contributed by atoms with Gasteiger partial charge in [-0.2, -0.15) is 0 Å². The minimum absolute atomic E-state index is 0.293. The first-order valence-electron chi connectivity index (χ1n) is 9.23. The molecule has 0 unspecified atom stereocenters. The van der Waals surface area contributed by atoms with Crippen LogP contribution in [0.5, 0.6) is 5.75 Å². The molecule has 0 saturated carbocycles. The fourth-order valence-corrected chi connectivity index (χ4v) is 4.50. The number of aromatic nitrogens is 2. The van der Waals surface area contributed by atoms with Crippen LogP contribution in [0, 0.1) is 6.92 Å². The van der Waals surface area contributed by atoms with Crippen molar-refractivity contribution in [1.29, 1.82) is 0 Å². The van der Waals surface area contributed by atoms with Crippen molar-refractivity contribution < 1.29 is 9.53 Å². The molecule has 7 heteroatoms. The summed E-state index contributed by atoms with van der Waals surface area (Å²) in [6.07, 6.45) is 0.807. The van der Waals surface area contributed by atoms with E-state index in [4.69, 9.17) is 10.5 Å². The van der Waals surface area contributed by atoms with Gasteiger partial charge in [0.2, 0.25) is 0 Å². The quantitative estimate of drug-likeness (QED) is 0.559. The number of anilines is 2. The van der Waals surface area contributed by atoms with Crippen molar-refractivity contribution in [1.82, 2.24) is 9.97 Å². The summed E-state index contributed by atoms with van der Waals surface area (Å²) in [6, 6.07) is 16.0. The standard InChI is InChI=1S/C22H18N4O2S/c1-13-6-8-14(9-7-13)15-11-29-22-19(15)21(24-12-25-22)26-10-18(20(23)27)28-17-5-3-2-4-16(17)26/h2-9,11-12,18H,10H2,1H3,(H2,23,27)/t18-/m0/s1. The van der Waals surface area contributed by atoms with Gasteiger partial charge in [0.15, 0.2) is 6.10 Å². The lowest BCUT2D eigenvalue weighted by Gasteiger charge is -2.34. The lowest BCUT2D eigenvalue weighted by molar-refractivity contribution is -0.124. The number of para-hydroxylation sites is 2. The summed E-state index contributed by atoms with van der Waals surface area (Å²) in [4.78, 5) is 23.9. The normalized spacial score (nSPS) is 15.8. The lowest BCUT2D eigenvalue weighted by atomic mass is 10.0. The van der Waals surface area contributed by atoms with E-state index in [1.165, 1.54) is 5.56 Å². The van der Waals surface area contributed by atoms with Crippen LogP contribution in [-0.2, 0) is 4.79 Å². The van der Waals surface area contributed by atoms with Crippen LogP contribution in [0.25, 0.3) is 21.3 Å². The van der Waals surface area contributed by atoms with Crippen molar-refractivity contribution in [2.45, 2.75) is 13.0 Å². The van der Waals surface area contributed by atoms with Crippen molar-refractivity contribution >= 4 is 39.0 Å². The maximum absolute atomic E-state index is 11.9. The fourth-order valence-electron chi connectivity index (χ4n) is 3.59. The van der Waals surface area contributed by atoms with Crippen molar-refractivity contribution in [3.05, 3.63) is 65.8 Å². The third-order valence-corrected chi connectivity index (χ3v) is 5.95. The summed E-state index contributed by atoms with van der Waals surface area (Å²) in [7, 11) is 0. The number of amides is 1. The first kappa shape index (κ1) is 17.6. The number of fused-ring (bicyclic) bond motifs is 2. The molecule has 1 aliphatic heterocycles. The van der Waals surface area contributed by atoms with Gasteiger partial charge < -0.3 is 15.4 Å². The average molecular weight is 402 g/mol. The average Bonchev–Trinajstić information content (AvgIpc) is 3.18. The molecule has 0 bridgehead atoms. The summed E-state index contributed by atoms with van der Waals surface area (Å²) in [5.41, 5.74) is 9.80. The Labute approximate surface area is 171 Å². The van der Waals surface area contributed by atoms with E-state index in [2.05, 4.69) is 46.5 Å². The smallest absolute Gasteiger partial charge is 0.260 e. The van der Waals surface area contributed by atoms with Crippen molar-refractivity contribution in [3.8, 4) is 16.9 Å². The molecule has 1 aliphatic rings. The number of carbonyl (C=O) groups excluding carboxylic acids is 1. The van der Waals surface area contributed by atoms with E-state index in [0.717, 1.165) is 32.8 Å². The summed E-state index contributed by atoms with van der Waals surface area (Å²) in [5.74, 6) is 0.856. The number of aryl methyl sites for hydroxylation is 1. The Bertz CT molecular complexity index is 1220. The minimum atomic E-state index is -0.753. The number of nitrogens with zero attached hydrogens (tertiary/aromatic N) is 3. The van der Waals surface area contributed by atoms with Gasteiger partial charge in [0.1, 0.15) is 22.7 Å². The second kappa shape index (κ2) is 6.86.